The second kappa shape index (κ2) is 6.98. The molecule has 7 nitrogen and oxygen atoms in total. The Kier molecular flexibility index (Phi) is 4.78. The third-order valence-electron chi connectivity index (χ3n) is 4.38. The van der Waals surface area contributed by atoms with Crippen LogP contribution in [0, 0.1) is 6.92 Å². The second-order valence-electron chi connectivity index (χ2n) is 6.37. The van der Waals surface area contributed by atoms with Crippen molar-refractivity contribution in [3.63, 3.8) is 0 Å². The Morgan fingerprint density at radius 1 is 1.42 bits per heavy atom. The Morgan fingerprint density at radius 3 is 3.00 bits per heavy atom. The fraction of sp³-hybridized carbons (Fsp3) is 0.529. The molecule has 1 fully saturated rings. The summed E-state index contributed by atoms with van der Waals surface area (Å²) < 4.78 is 0. The highest BCUT2D eigenvalue weighted by atomic mass is 16.2. The fourth-order valence-corrected chi connectivity index (χ4v) is 3.25. The zero-order valence-corrected chi connectivity index (χ0v) is 14.1. The average molecular weight is 329 g/mol. The SMILES string of the molecule is CCCc1cc(C(=O)N2CCCC(c3cc(=O)[nH]c(C)n3)C2)n[nH]1. The number of H-pyrrole nitrogens is 2. The van der Waals surface area contributed by atoms with Gasteiger partial charge in [-0.15, -0.1) is 0 Å². The Balaban J connectivity index is 1.74. The van der Waals surface area contributed by atoms with E-state index in [9.17, 15) is 9.59 Å². The molecule has 2 aromatic heterocycles. The van der Waals surface area contributed by atoms with Crippen molar-refractivity contribution in [2.75, 3.05) is 13.1 Å². The molecule has 0 saturated carbocycles. The highest BCUT2D eigenvalue weighted by molar-refractivity contribution is 5.92. The van der Waals surface area contributed by atoms with E-state index in [2.05, 4.69) is 27.1 Å². The first-order valence-electron chi connectivity index (χ1n) is 8.48. The molecule has 1 saturated heterocycles. The van der Waals surface area contributed by atoms with Crippen molar-refractivity contribution in [2.45, 2.75) is 45.4 Å². The Hall–Kier alpha value is -2.44. The minimum absolute atomic E-state index is 0.0557. The smallest absolute Gasteiger partial charge is 0.274 e. The Morgan fingerprint density at radius 2 is 2.25 bits per heavy atom. The van der Waals surface area contributed by atoms with Crippen molar-refractivity contribution in [1.82, 2.24) is 25.1 Å². The highest BCUT2D eigenvalue weighted by Crippen LogP contribution is 2.25. The summed E-state index contributed by atoms with van der Waals surface area (Å²) >= 11 is 0. The fourth-order valence-electron chi connectivity index (χ4n) is 3.25. The van der Waals surface area contributed by atoms with E-state index in [4.69, 9.17) is 0 Å². The molecule has 0 aliphatic carbocycles. The molecular formula is C17H23N5O2. The van der Waals surface area contributed by atoms with E-state index in [-0.39, 0.29) is 17.4 Å². The summed E-state index contributed by atoms with van der Waals surface area (Å²) in [5.41, 5.74) is 2.08. The van der Waals surface area contributed by atoms with Gasteiger partial charge in [0.05, 0.1) is 5.69 Å². The normalized spacial score (nSPS) is 17.9. The van der Waals surface area contributed by atoms with Crippen molar-refractivity contribution in [3.8, 4) is 0 Å². The maximum Gasteiger partial charge on any atom is 0.274 e. The van der Waals surface area contributed by atoms with Gasteiger partial charge in [0.15, 0.2) is 0 Å². The summed E-state index contributed by atoms with van der Waals surface area (Å²) in [6, 6.07) is 3.38. The summed E-state index contributed by atoms with van der Waals surface area (Å²) in [6.07, 6.45) is 3.73. The largest absolute Gasteiger partial charge is 0.337 e. The van der Waals surface area contributed by atoms with Crippen LogP contribution in [0.1, 0.15) is 59.8 Å². The van der Waals surface area contributed by atoms with E-state index in [1.54, 1.807) is 13.0 Å². The highest BCUT2D eigenvalue weighted by Gasteiger charge is 2.27. The van der Waals surface area contributed by atoms with Crippen LogP contribution in [0.3, 0.4) is 0 Å². The lowest BCUT2D eigenvalue weighted by atomic mass is 9.94. The van der Waals surface area contributed by atoms with E-state index in [1.807, 2.05) is 11.0 Å². The quantitative estimate of drug-likeness (QED) is 0.894. The third kappa shape index (κ3) is 3.55. The van der Waals surface area contributed by atoms with Gasteiger partial charge in [-0.2, -0.15) is 5.10 Å². The van der Waals surface area contributed by atoms with Gasteiger partial charge in [0, 0.05) is 30.8 Å². The van der Waals surface area contributed by atoms with E-state index in [0.29, 0.717) is 24.6 Å². The van der Waals surface area contributed by atoms with Crippen molar-refractivity contribution >= 4 is 5.91 Å². The van der Waals surface area contributed by atoms with E-state index >= 15 is 0 Å². The lowest BCUT2D eigenvalue weighted by molar-refractivity contribution is 0.0700. The number of nitrogens with one attached hydrogen (secondary N) is 2. The molecule has 0 spiro atoms. The summed E-state index contributed by atoms with van der Waals surface area (Å²) in [5.74, 6) is 0.648. The van der Waals surface area contributed by atoms with Crippen LogP contribution in [0.4, 0.5) is 0 Å². The van der Waals surface area contributed by atoms with Gasteiger partial charge >= 0.3 is 0 Å². The molecule has 3 heterocycles. The van der Waals surface area contributed by atoms with Gasteiger partial charge < -0.3 is 9.88 Å². The maximum absolute atomic E-state index is 12.7. The number of aromatic nitrogens is 4. The van der Waals surface area contributed by atoms with Crippen LogP contribution in [0.5, 0.6) is 0 Å². The molecule has 0 radical (unpaired) electrons. The predicted molar refractivity (Wildman–Crippen MR) is 90.1 cm³/mol. The predicted octanol–water partition coefficient (Wildman–Crippen LogP) is 1.77. The molecule has 2 aromatic rings. The number of hydrogen-bond donors (Lipinski definition) is 2. The molecule has 3 rings (SSSR count). The number of nitrogens with zero attached hydrogens (tertiary/aromatic N) is 3. The Bertz CT molecular complexity index is 779. The maximum atomic E-state index is 12.7. The number of aryl methyl sites for hydroxylation is 2. The molecule has 1 amide bonds. The molecule has 1 atom stereocenters. The molecular weight excluding hydrogens is 306 g/mol. The molecule has 1 aliphatic rings. The lowest BCUT2D eigenvalue weighted by Crippen LogP contribution is -2.39. The van der Waals surface area contributed by atoms with Gasteiger partial charge in [0.1, 0.15) is 11.5 Å². The van der Waals surface area contributed by atoms with Crippen LogP contribution in [0.25, 0.3) is 0 Å². The van der Waals surface area contributed by atoms with E-state index in [1.165, 1.54) is 0 Å². The first-order valence-corrected chi connectivity index (χ1v) is 8.48. The Labute approximate surface area is 140 Å². The molecule has 128 valence electrons. The lowest BCUT2D eigenvalue weighted by Gasteiger charge is -2.32. The second-order valence-corrected chi connectivity index (χ2v) is 6.37. The van der Waals surface area contributed by atoms with E-state index in [0.717, 1.165) is 37.1 Å². The number of carbonyl (C=O) groups excluding carboxylic acids is 1. The van der Waals surface area contributed by atoms with E-state index < -0.39 is 0 Å². The minimum Gasteiger partial charge on any atom is -0.337 e. The monoisotopic (exact) mass is 329 g/mol. The molecule has 1 unspecified atom stereocenters. The molecule has 24 heavy (non-hydrogen) atoms. The molecule has 0 aromatic carbocycles. The van der Waals surface area contributed by atoms with Crippen molar-refractivity contribution < 1.29 is 4.79 Å². The number of likely N-dealkylation sites (tertiary alicyclic amines) is 1. The van der Waals surface area contributed by atoms with Crippen molar-refractivity contribution in [1.29, 1.82) is 0 Å². The molecule has 2 N–H and O–H groups in total. The zero-order valence-electron chi connectivity index (χ0n) is 14.1. The van der Waals surface area contributed by atoms with Gasteiger partial charge in [-0.05, 0) is 32.3 Å². The summed E-state index contributed by atoms with van der Waals surface area (Å²) in [5, 5.41) is 7.08. The summed E-state index contributed by atoms with van der Waals surface area (Å²) in [7, 11) is 0. The van der Waals surface area contributed by atoms with Crippen LogP contribution in [0.2, 0.25) is 0 Å². The van der Waals surface area contributed by atoms with Crippen molar-refractivity contribution in [2.24, 2.45) is 0 Å². The van der Waals surface area contributed by atoms with Crippen molar-refractivity contribution in [3.05, 3.63) is 45.4 Å². The summed E-state index contributed by atoms with van der Waals surface area (Å²) in [4.78, 5) is 33.3. The number of amides is 1. The number of hydrogen-bond acceptors (Lipinski definition) is 4. The van der Waals surface area contributed by atoms with Crippen LogP contribution < -0.4 is 5.56 Å². The zero-order chi connectivity index (χ0) is 17.1. The van der Waals surface area contributed by atoms with Gasteiger partial charge in [-0.1, -0.05) is 13.3 Å². The van der Waals surface area contributed by atoms with Gasteiger partial charge in [-0.25, -0.2) is 4.98 Å². The minimum atomic E-state index is -0.141. The first kappa shape index (κ1) is 16.4. The van der Waals surface area contributed by atoms with Crippen LogP contribution in [0.15, 0.2) is 16.9 Å². The number of rotatable bonds is 4. The van der Waals surface area contributed by atoms with Crippen LogP contribution >= 0.6 is 0 Å². The number of piperidine rings is 1. The van der Waals surface area contributed by atoms with Gasteiger partial charge in [0.2, 0.25) is 0 Å². The number of aromatic amines is 2. The molecule has 7 heteroatoms. The topological polar surface area (TPSA) is 94.7 Å². The van der Waals surface area contributed by atoms with Crippen LogP contribution in [-0.2, 0) is 6.42 Å². The average Bonchev–Trinajstić information content (AvgIpc) is 3.02. The van der Waals surface area contributed by atoms with Gasteiger partial charge in [-0.3, -0.25) is 14.7 Å². The molecule has 1 aliphatic heterocycles. The first-order chi connectivity index (χ1) is 11.6. The molecule has 0 bridgehead atoms. The van der Waals surface area contributed by atoms with Crippen LogP contribution in [-0.4, -0.2) is 44.1 Å². The standard InChI is InChI=1S/C17H23N5O2/c1-3-5-13-8-15(21-20-13)17(24)22-7-4-6-12(10-22)14-9-16(23)19-11(2)18-14/h8-9,12H,3-7,10H2,1-2H3,(H,20,21)(H,18,19,23). The van der Waals surface area contributed by atoms with Gasteiger partial charge in [0.25, 0.3) is 11.5 Å². The third-order valence-corrected chi connectivity index (χ3v) is 4.38. The summed E-state index contributed by atoms with van der Waals surface area (Å²) in [6.45, 7) is 5.15. The number of carbonyl (C=O) groups is 1.